The summed E-state index contributed by atoms with van der Waals surface area (Å²) in [5, 5.41) is 2.70. The quantitative estimate of drug-likeness (QED) is 0.584. The van der Waals surface area contributed by atoms with Crippen molar-refractivity contribution in [1.29, 1.82) is 0 Å². The van der Waals surface area contributed by atoms with Gasteiger partial charge in [0.15, 0.2) is 5.78 Å². The van der Waals surface area contributed by atoms with Gasteiger partial charge >= 0.3 is 0 Å². The van der Waals surface area contributed by atoms with Crippen molar-refractivity contribution in [2.24, 2.45) is 0 Å². The molecule has 0 radical (unpaired) electrons. The van der Waals surface area contributed by atoms with Crippen LogP contribution in [0.5, 0.6) is 0 Å². The second-order valence-corrected chi connectivity index (χ2v) is 8.19. The van der Waals surface area contributed by atoms with Gasteiger partial charge in [0.05, 0.1) is 4.90 Å². The predicted octanol–water partition coefficient (Wildman–Crippen LogP) is 3.62. The molecule has 0 aliphatic heterocycles. The average molecular weight is 408 g/mol. The molecule has 7 heteroatoms. The molecule has 0 atom stereocenters. The Kier molecular flexibility index (Phi) is 6.21. The normalized spacial score (nSPS) is 11.1. The molecule has 3 aromatic rings. The lowest BCUT2D eigenvalue weighted by atomic mass is 10.1. The van der Waals surface area contributed by atoms with Crippen LogP contribution in [0.3, 0.4) is 0 Å². The summed E-state index contributed by atoms with van der Waals surface area (Å²) in [6, 6.07) is 21.5. The highest BCUT2D eigenvalue weighted by atomic mass is 32.2. The number of ketones is 1. The van der Waals surface area contributed by atoms with Gasteiger partial charge in [0.25, 0.3) is 5.91 Å². The highest BCUT2D eigenvalue weighted by Crippen LogP contribution is 2.15. The van der Waals surface area contributed by atoms with Crippen LogP contribution < -0.4 is 10.0 Å². The van der Waals surface area contributed by atoms with E-state index in [1.807, 2.05) is 30.3 Å². The van der Waals surface area contributed by atoms with E-state index in [2.05, 4.69) is 10.0 Å². The predicted molar refractivity (Wildman–Crippen MR) is 111 cm³/mol. The van der Waals surface area contributed by atoms with Gasteiger partial charge in [-0.3, -0.25) is 9.59 Å². The number of hydrogen-bond donors (Lipinski definition) is 2. The number of nitrogens with one attached hydrogen (secondary N) is 2. The first-order chi connectivity index (χ1) is 13.8. The Morgan fingerprint density at radius 2 is 1.52 bits per heavy atom. The number of carbonyl (C=O) groups excluding carboxylic acids is 2. The van der Waals surface area contributed by atoms with E-state index < -0.39 is 15.9 Å². The summed E-state index contributed by atoms with van der Waals surface area (Å²) in [6.45, 7) is 1.62. The summed E-state index contributed by atoms with van der Waals surface area (Å²) < 4.78 is 27.7. The van der Waals surface area contributed by atoms with Crippen LogP contribution >= 0.6 is 0 Å². The monoisotopic (exact) mass is 408 g/mol. The first kappa shape index (κ1) is 20.4. The maximum Gasteiger partial charge on any atom is 0.255 e. The molecule has 6 nitrogen and oxygen atoms in total. The van der Waals surface area contributed by atoms with Crippen molar-refractivity contribution in [3.05, 3.63) is 95.6 Å². The molecule has 0 unspecified atom stereocenters. The number of hydrogen-bond acceptors (Lipinski definition) is 4. The minimum absolute atomic E-state index is 0.00742. The third-order valence-corrected chi connectivity index (χ3v) is 5.66. The van der Waals surface area contributed by atoms with Gasteiger partial charge in [-0.25, -0.2) is 13.1 Å². The van der Waals surface area contributed by atoms with Gasteiger partial charge < -0.3 is 5.32 Å². The fourth-order valence-electron chi connectivity index (χ4n) is 2.65. The van der Waals surface area contributed by atoms with Gasteiger partial charge in [-0.1, -0.05) is 36.4 Å². The third kappa shape index (κ3) is 5.37. The zero-order valence-corrected chi connectivity index (χ0v) is 16.6. The van der Waals surface area contributed by atoms with E-state index in [9.17, 15) is 18.0 Å². The Labute approximate surface area is 169 Å². The van der Waals surface area contributed by atoms with Crippen LogP contribution in [0.4, 0.5) is 5.69 Å². The van der Waals surface area contributed by atoms with E-state index >= 15 is 0 Å². The summed E-state index contributed by atoms with van der Waals surface area (Å²) in [5.41, 5.74) is 2.10. The number of amides is 1. The van der Waals surface area contributed by atoms with Crippen molar-refractivity contribution < 1.29 is 18.0 Å². The molecule has 0 fully saturated rings. The summed E-state index contributed by atoms with van der Waals surface area (Å²) >= 11 is 0. The molecule has 29 heavy (non-hydrogen) atoms. The van der Waals surface area contributed by atoms with Crippen molar-refractivity contribution in [3.8, 4) is 0 Å². The van der Waals surface area contributed by atoms with E-state index in [4.69, 9.17) is 0 Å². The molecule has 3 rings (SSSR count). The molecule has 0 aromatic heterocycles. The first-order valence-corrected chi connectivity index (χ1v) is 10.4. The van der Waals surface area contributed by atoms with Crippen LogP contribution in [-0.4, -0.2) is 20.1 Å². The summed E-state index contributed by atoms with van der Waals surface area (Å²) in [7, 11) is -3.77. The number of sulfonamides is 1. The Hall–Kier alpha value is -3.29. The lowest BCUT2D eigenvalue weighted by Crippen LogP contribution is -2.23. The van der Waals surface area contributed by atoms with E-state index in [0.29, 0.717) is 11.3 Å². The molecule has 0 aliphatic carbocycles. The third-order valence-electron chi connectivity index (χ3n) is 4.26. The van der Waals surface area contributed by atoms with E-state index in [1.165, 1.54) is 31.2 Å². The van der Waals surface area contributed by atoms with Crippen molar-refractivity contribution in [2.75, 3.05) is 5.32 Å². The second-order valence-electron chi connectivity index (χ2n) is 6.43. The van der Waals surface area contributed by atoms with Crippen LogP contribution in [0.2, 0.25) is 0 Å². The molecule has 0 heterocycles. The Balaban J connectivity index is 1.72. The Morgan fingerprint density at radius 1 is 0.828 bits per heavy atom. The molecule has 0 bridgehead atoms. The maximum absolute atomic E-state index is 12.6. The second kappa shape index (κ2) is 8.81. The van der Waals surface area contributed by atoms with Gasteiger partial charge in [-0.2, -0.15) is 0 Å². The van der Waals surface area contributed by atoms with Crippen LogP contribution in [0, 0.1) is 0 Å². The highest BCUT2D eigenvalue weighted by Gasteiger charge is 2.16. The van der Waals surface area contributed by atoms with Crippen LogP contribution in [-0.2, 0) is 16.6 Å². The molecule has 0 saturated heterocycles. The van der Waals surface area contributed by atoms with Gasteiger partial charge in [-0.15, -0.1) is 0 Å². The van der Waals surface area contributed by atoms with Gasteiger partial charge in [0.1, 0.15) is 0 Å². The van der Waals surface area contributed by atoms with E-state index in [-0.39, 0.29) is 22.8 Å². The SMILES string of the molecule is CC(=O)c1ccc(NC(=O)c2cccc(S(=O)(=O)NCc3ccccc3)c2)cc1. The number of benzene rings is 3. The minimum Gasteiger partial charge on any atom is -0.322 e. The van der Waals surface area contributed by atoms with Gasteiger partial charge in [0.2, 0.25) is 10.0 Å². The van der Waals surface area contributed by atoms with Crippen LogP contribution in [0.25, 0.3) is 0 Å². The van der Waals surface area contributed by atoms with Crippen molar-refractivity contribution in [3.63, 3.8) is 0 Å². The molecule has 3 aromatic carbocycles. The summed E-state index contributed by atoms with van der Waals surface area (Å²) in [6.07, 6.45) is 0. The molecule has 0 saturated carbocycles. The molecular weight excluding hydrogens is 388 g/mol. The first-order valence-electron chi connectivity index (χ1n) is 8.91. The molecule has 1 amide bonds. The fraction of sp³-hybridized carbons (Fsp3) is 0.0909. The average Bonchev–Trinajstić information content (AvgIpc) is 2.73. The molecule has 2 N–H and O–H groups in total. The zero-order valence-electron chi connectivity index (χ0n) is 15.8. The number of Topliss-reactive ketones (excluding diaryl/α,β-unsaturated/α-hetero) is 1. The van der Waals surface area contributed by atoms with Gasteiger partial charge in [0, 0.05) is 23.4 Å². The highest BCUT2D eigenvalue weighted by molar-refractivity contribution is 7.89. The molecule has 0 aliphatic rings. The number of carbonyl (C=O) groups is 2. The fourth-order valence-corrected chi connectivity index (χ4v) is 3.72. The minimum atomic E-state index is -3.77. The molecule has 148 valence electrons. The number of rotatable bonds is 7. The van der Waals surface area contributed by atoms with Crippen LogP contribution in [0.15, 0.2) is 83.8 Å². The standard InChI is InChI=1S/C22H20N2O4S/c1-16(25)18-10-12-20(13-11-18)24-22(26)19-8-5-9-21(14-19)29(27,28)23-15-17-6-3-2-4-7-17/h2-14,23H,15H2,1H3,(H,24,26). The smallest absolute Gasteiger partial charge is 0.255 e. The molecular formula is C22H20N2O4S. The topological polar surface area (TPSA) is 92.3 Å². The zero-order chi connectivity index (χ0) is 20.9. The molecule has 0 spiro atoms. The van der Waals surface area contributed by atoms with Crippen molar-refractivity contribution >= 4 is 27.4 Å². The van der Waals surface area contributed by atoms with Gasteiger partial charge in [-0.05, 0) is 55.0 Å². The maximum atomic E-state index is 12.6. The largest absolute Gasteiger partial charge is 0.322 e. The van der Waals surface area contributed by atoms with Crippen molar-refractivity contribution in [2.45, 2.75) is 18.4 Å². The van der Waals surface area contributed by atoms with E-state index in [0.717, 1.165) is 5.56 Å². The van der Waals surface area contributed by atoms with Crippen molar-refractivity contribution in [1.82, 2.24) is 4.72 Å². The summed E-state index contributed by atoms with van der Waals surface area (Å²) in [4.78, 5) is 23.8. The summed E-state index contributed by atoms with van der Waals surface area (Å²) in [5.74, 6) is -0.510. The number of anilines is 1. The Bertz CT molecular complexity index is 1120. The van der Waals surface area contributed by atoms with Crippen LogP contribution in [0.1, 0.15) is 33.2 Å². The lowest BCUT2D eigenvalue weighted by Gasteiger charge is -2.09. The lowest BCUT2D eigenvalue weighted by molar-refractivity contribution is 0.101. The van der Waals surface area contributed by atoms with E-state index in [1.54, 1.807) is 24.3 Å². The Morgan fingerprint density at radius 3 is 2.17 bits per heavy atom.